The molecule has 1 N–H and O–H groups in total. The van der Waals surface area contributed by atoms with Gasteiger partial charge in [0.1, 0.15) is 11.4 Å². The highest BCUT2D eigenvalue weighted by atomic mass is 16.5. The molecule has 2 rings (SSSR count). The number of hydrogen-bond acceptors (Lipinski definition) is 3. The van der Waals surface area contributed by atoms with Crippen molar-refractivity contribution in [1.82, 2.24) is 9.78 Å². The maximum atomic E-state index is 12.3. The van der Waals surface area contributed by atoms with Crippen LogP contribution < -0.4 is 10.1 Å². The maximum Gasteiger partial charge on any atom is 0.274 e. The van der Waals surface area contributed by atoms with Crippen LogP contribution in [0.4, 0.5) is 5.69 Å². The third-order valence-corrected chi connectivity index (χ3v) is 2.76. The lowest BCUT2D eigenvalue weighted by Gasteiger charge is -2.10. The molecule has 0 spiro atoms. The molecule has 0 aliphatic rings. The second-order valence-electron chi connectivity index (χ2n) is 3.93. The number of ether oxygens (including phenoxy) is 1. The molecule has 0 saturated carbocycles. The molecule has 0 fully saturated rings. The summed E-state index contributed by atoms with van der Waals surface area (Å²) in [5.74, 6) is 0.359. The van der Waals surface area contributed by atoms with Crippen molar-refractivity contribution < 1.29 is 9.53 Å². The Balaban J connectivity index is 2.30. The van der Waals surface area contributed by atoms with Crippen LogP contribution in [0.2, 0.25) is 0 Å². The number of hydrogen-bond donors (Lipinski definition) is 1. The second kappa shape index (κ2) is 5.39. The van der Waals surface area contributed by atoms with Gasteiger partial charge in [-0.05, 0) is 12.1 Å². The summed E-state index contributed by atoms with van der Waals surface area (Å²) in [7, 11) is 3.27. The average Bonchev–Trinajstić information content (AvgIpc) is 2.80. The number of rotatable bonds is 4. The van der Waals surface area contributed by atoms with E-state index >= 15 is 0 Å². The molecule has 0 aliphatic heterocycles. The van der Waals surface area contributed by atoms with E-state index in [0.717, 1.165) is 0 Å². The first-order valence-electron chi connectivity index (χ1n) is 5.76. The zero-order valence-electron chi connectivity index (χ0n) is 10.9. The van der Waals surface area contributed by atoms with E-state index in [1.165, 1.54) is 4.68 Å². The molecule has 1 amide bonds. The molecule has 5 heteroatoms. The smallest absolute Gasteiger partial charge is 0.274 e. The molecule has 0 unspecified atom stereocenters. The van der Waals surface area contributed by atoms with E-state index < -0.39 is 0 Å². The molecule has 2 aromatic rings. The van der Waals surface area contributed by atoms with Crippen molar-refractivity contribution in [3.05, 3.63) is 48.3 Å². The molecule has 98 valence electrons. The number of nitrogens with zero attached hydrogens (tertiary/aromatic N) is 2. The fraction of sp³-hybridized carbons (Fsp3) is 0.143. The van der Waals surface area contributed by atoms with Gasteiger partial charge in [0.25, 0.3) is 5.91 Å². The molecule has 1 heterocycles. The van der Waals surface area contributed by atoms with Gasteiger partial charge < -0.3 is 10.1 Å². The van der Waals surface area contributed by atoms with Gasteiger partial charge in [0, 0.05) is 12.6 Å². The molecule has 1 aromatic heterocycles. The Bertz CT molecular complexity index is 617. The molecule has 0 bridgehead atoms. The predicted octanol–water partition coefficient (Wildman–Crippen LogP) is 2.32. The minimum Gasteiger partial charge on any atom is -0.495 e. The van der Waals surface area contributed by atoms with Crippen molar-refractivity contribution in [2.75, 3.05) is 12.4 Å². The number of aryl methyl sites for hydroxylation is 1. The fourth-order valence-corrected chi connectivity index (χ4v) is 1.81. The summed E-state index contributed by atoms with van der Waals surface area (Å²) in [6.45, 7) is 3.67. The van der Waals surface area contributed by atoms with E-state index in [1.807, 2.05) is 12.1 Å². The van der Waals surface area contributed by atoms with Crippen LogP contribution in [0.15, 0.2) is 37.0 Å². The van der Waals surface area contributed by atoms with E-state index in [0.29, 0.717) is 22.7 Å². The summed E-state index contributed by atoms with van der Waals surface area (Å²) in [5, 5.41) is 6.85. The summed E-state index contributed by atoms with van der Waals surface area (Å²) in [6, 6.07) is 7.23. The van der Waals surface area contributed by atoms with Crippen LogP contribution in [-0.2, 0) is 7.05 Å². The van der Waals surface area contributed by atoms with E-state index in [2.05, 4.69) is 17.0 Å². The van der Waals surface area contributed by atoms with Crippen LogP contribution in [0.25, 0.3) is 6.08 Å². The topological polar surface area (TPSA) is 56.2 Å². The van der Waals surface area contributed by atoms with Crippen LogP contribution in [0, 0.1) is 0 Å². The van der Waals surface area contributed by atoms with Crippen LogP contribution in [-0.4, -0.2) is 22.8 Å². The Labute approximate surface area is 111 Å². The van der Waals surface area contributed by atoms with E-state index in [-0.39, 0.29) is 5.91 Å². The van der Waals surface area contributed by atoms with Crippen LogP contribution in [0.1, 0.15) is 16.1 Å². The van der Waals surface area contributed by atoms with Gasteiger partial charge in [-0.15, -0.1) is 0 Å². The van der Waals surface area contributed by atoms with Gasteiger partial charge in [-0.2, -0.15) is 5.10 Å². The molecule has 0 saturated heterocycles. The zero-order chi connectivity index (χ0) is 13.8. The van der Waals surface area contributed by atoms with Crippen molar-refractivity contribution in [3.8, 4) is 5.75 Å². The molecule has 0 radical (unpaired) electrons. The Morgan fingerprint density at radius 2 is 2.21 bits per heavy atom. The first-order chi connectivity index (χ1) is 9.17. The van der Waals surface area contributed by atoms with Gasteiger partial charge >= 0.3 is 0 Å². The Morgan fingerprint density at radius 1 is 1.47 bits per heavy atom. The average molecular weight is 257 g/mol. The third kappa shape index (κ3) is 2.49. The van der Waals surface area contributed by atoms with Crippen molar-refractivity contribution in [1.29, 1.82) is 0 Å². The summed E-state index contributed by atoms with van der Waals surface area (Å²) >= 11 is 0. The molecule has 0 atom stereocenters. The number of anilines is 1. The normalized spacial score (nSPS) is 10.0. The molecule has 0 aliphatic carbocycles. The van der Waals surface area contributed by atoms with Gasteiger partial charge in [-0.25, -0.2) is 0 Å². The number of amides is 1. The highest BCUT2D eigenvalue weighted by Crippen LogP contribution is 2.24. The summed E-state index contributed by atoms with van der Waals surface area (Å²) < 4.78 is 6.71. The number of aromatic nitrogens is 2. The highest BCUT2D eigenvalue weighted by molar-refractivity contribution is 6.06. The Morgan fingerprint density at radius 3 is 2.89 bits per heavy atom. The van der Waals surface area contributed by atoms with Gasteiger partial charge in [-0.3, -0.25) is 9.48 Å². The van der Waals surface area contributed by atoms with Gasteiger partial charge in [-0.1, -0.05) is 24.8 Å². The zero-order valence-corrected chi connectivity index (χ0v) is 10.9. The highest BCUT2D eigenvalue weighted by Gasteiger charge is 2.16. The van der Waals surface area contributed by atoms with Crippen molar-refractivity contribution in [2.45, 2.75) is 0 Å². The Kier molecular flexibility index (Phi) is 3.66. The summed E-state index contributed by atoms with van der Waals surface area (Å²) in [6.07, 6.45) is 3.20. The lowest BCUT2D eigenvalue weighted by molar-refractivity contribution is 0.101. The van der Waals surface area contributed by atoms with E-state index in [1.54, 1.807) is 38.6 Å². The van der Waals surface area contributed by atoms with Crippen molar-refractivity contribution in [3.63, 3.8) is 0 Å². The number of benzene rings is 1. The minimum atomic E-state index is -0.251. The van der Waals surface area contributed by atoms with Gasteiger partial charge in [0.2, 0.25) is 0 Å². The molecule has 19 heavy (non-hydrogen) atoms. The predicted molar refractivity (Wildman–Crippen MR) is 74.2 cm³/mol. The van der Waals surface area contributed by atoms with Crippen LogP contribution in [0.5, 0.6) is 5.75 Å². The molecular weight excluding hydrogens is 242 g/mol. The fourth-order valence-electron chi connectivity index (χ4n) is 1.81. The van der Waals surface area contributed by atoms with Crippen LogP contribution in [0.3, 0.4) is 0 Å². The van der Waals surface area contributed by atoms with Crippen LogP contribution >= 0.6 is 0 Å². The number of carbonyl (C=O) groups is 1. The lowest BCUT2D eigenvalue weighted by atomic mass is 10.2. The van der Waals surface area contributed by atoms with E-state index in [4.69, 9.17) is 4.74 Å². The standard InChI is InChI=1S/C14H15N3O2/c1-4-10-9-15-17(2)13(10)14(18)16-11-7-5-6-8-12(11)19-3/h4-9H,1H2,2-3H3,(H,16,18). The van der Waals surface area contributed by atoms with E-state index in [9.17, 15) is 4.79 Å². The first-order valence-corrected chi connectivity index (χ1v) is 5.76. The maximum absolute atomic E-state index is 12.3. The third-order valence-electron chi connectivity index (χ3n) is 2.76. The van der Waals surface area contributed by atoms with Gasteiger partial charge in [0.15, 0.2) is 0 Å². The monoisotopic (exact) mass is 257 g/mol. The molecule has 1 aromatic carbocycles. The largest absolute Gasteiger partial charge is 0.495 e. The number of carbonyl (C=O) groups excluding carboxylic acids is 1. The number of methoxy groups -OCH3 is 1. The summed E-state index contributed by atoms with van der Waals surface area (Å²) in [5.41, 5.74) is 1.77. The number of nitrogens with one attached hydrogen (secondary N) is 1. The molecule has 5 nitrogen and oxygen atoms in total. The lowest BCUT2D eigenvalue weighted by Crippen LogP contribution is -2.17. The van der Waals surface area contributed by atoms with Crippen molar-refractivity contribution >= 4 is 17.7 Å². The number of para-hydroxylation sites is 2. The van der Waals surface area contributed by atoms with Gasteiger partial charge in [0.05, 0.1) is 19.0 Å². The Hall–Kier alpha value is -2.56. The first kappa shape index (κ1) is 12.9. The summed E-state index contributed by atoms with van der Waals surface area (Å²) in [4.78, 5) is 12.3. The second-order valence-corrected chi connectivity index (χ2v) is 3.93. The molecular formula is C14H15N3O2. The quantitative estimate of drug-likeness (QED) is 0.914. The van der Waals surface area contributed by atoms with Crippen molar-refractivity contribution in [2.24, 2.45) is 7.05 Å². The SMILES string of the molecule is C=Cc1cnn(C)c1C(=O)Nc1ccccc1OC. The minimum absolute atomic E-state index is 0.251.